The number of benzene rings is 3. The number of carbonyl (C=O) groups excluding carboxylic acids is 2. The Morgan fingerprint density at radius 1 is 0.907 bits per heavy atom. The summed E-state index contributed by atoms with van der Waals surface area (Å²) in [4.78, 5) is 40.6. The molecule has 14 heteroatoms. The van der Waals surface area contributed by atoms with Crippen LogP contribution in [-0.4, -0.2) is 97.3 Å². The fourth-order valence-corrected chi connectivity index (χ4v) is 9.04. The third-order valence-electron chi connectivity index (χ3n) is 10.7. The van der Waals surface area contributed by atoms with E-state index in [1.807, 2.05) is 42.5 Å². The highest BCUT2D eigenvalue weighted by Gasteiger charge is 2.30. The van der Waals surface area contributed by atoms with E-state index in [9.17, 15) is 14.2 Å². The summed E-state index contributed by atoms with van der Waals surface area (Å²) in [6.07, 6.45) is 4.69. The summed E-state index contributed by atoms with van der Waals surface area (Å²) in [7, 11) is -0.880. The average molecular weight is 771 g/mol. The number of imide groups is 1. The van der Waals surface area contributed by atoms with Crippen LogP contribution < -0.4 is 30.9 Å². The van der Waals surface area contributed by atoms with E-state index in [1.54, 1.807) is 20.4 Å². The second-order valence-electron chi connectivity index (χ2n) is 14.7. The molecule has 3 aromatic carbocycles. The zero-order valence-corrected chi connectivity index (χ0v) is 32.7. The standard InChI is InChI=1S/C40H48ClN8O4P/c1-53-35-24-30(11-13-33(35)44-40-42-25-32(41)38(46-40)43-34-9-4-5-10-36(34)54(2,3)52)48-17-15-29(16-18-48)49-21-19-47(20-22-49)26-27-7-6-8-28(23-27)31-12-14-37(50)45-39(31)51/h4-11,13,23-25,29,31H,12,14-22,26H2,1-3H3,(H,45,50,51)(H2,42,43,44,46). The number of nitrogens with zero attached hydrogens (tertiary/aromatic N) is 5. The molecule has 1 unspecified atom stereocenters. The number of carbonyl (C=O) groups is 2. The van der Waals surface area contributed by atoms with Crippen LogP contribution >= 0.6 is 18.7 Å². The molecule has 0 bridgehead atoms. The summed E-state index contributed by atoms with van der Waals surface area (Å²) in [5.41, 5.74) is 4.74. The molecule has 1 atom stereocenters. The van der Waals surface area contributed by atoms with Crippen LogP contribution in [0.3, 0.4) is 0 Å². The monoisotopic (exact) mass is 770 g/mol. The first kappa shape index (κ1) is 37.8. The van der Waals surface area contributed by atoms with Gasteiger partial charge in [0.05, 0.1) is 30.6 Å². The Hall–Kier alpha value is -4.48. The van der Waals surface area contributed by atoms with Gasteiger partial charge in [0.1, 0.15) is 17.9 Å². The van der Waals surface area contributed by atoms with Crippen molar-refractivity contribution >= 4 is 64.7 Å². The van der Waals surface area contributed by atoms with Gasteiger partial charge in [-0.25, -0.2) is 4.98 Å². The summed E-state index contributed by atoms with van der Waals surface area (Å²) >= 11 is 6.47. The van der Waals surface area contributed by atoms with Crippen LogP contribution in [0.4, 0.5) is 28.8 Å². The molecule has 1 aromatic heterocycles. The van der Waals surface area contributed by atoms with Gasteiger partial charge in [0.2, 0.25) is 17.8 Å². The molecule has 7 rings (SSSR count). The lowest BCUT2D eigenvalue weighted by Crippen LogP contribution is -2.53. The number of halogens is 1. The molecule has 4 aromatic rings. The van der Waals surface area contributed by atoms with E-state index in [-0.39, 0.29) is 17.7 Å². The molecular weight excluding hydrogens is 723 g/mol. The van der Waals surface area contributed by atoms with Crippen molar-refractivity contribution in [1.82, 2.24) is 25.1 Å². The minimum atomic E-state index is -2.54. The fraction of sp³-hybridized carbons (Fsp3) is 0.400. The Kier molecular flexibility index (Phi) is 11.5. The number of hydrogen-bond donors (Lipinski definition) is 3. The smallest absolute Gasteiger partial charge is 0.234 e. The first-order valence-corrected chi connectivity index (χ1v) is 21.5. The first-order chi connectivity index (χ1) is 26.0. The van der Waals surface area contributed by atoms with Crippen molar-refractivity contribution in [2.75, 3.05) is 75.2 Å². The van der Waals surface area contributed by atoms with Crippen LogP contribution in [0.5, 0.6) is 5.75 Å². The van der Waals surface area contributed by atoms with E-state index in [4.69, 9.17) is 16.3 Å². The molecule has 54 heavy (non-hydrogen) atoms. The summed E-state index contributed by atoms with van der Waals surface area (Å²) in [6.45, 7) is 10.4. The zero-order chi connectivity index (χ0) is 37.8. The van der Waals surface area contributed by atoms with Gasteiger partial charge in [-0.05, 0) is 68.0 Å². The van der Waals surface area contributed by atoms with Gasteiger partial charge >= 0.3 is 0 Å². The number of ether oxygens (including phenoxy) is 1. The van der Waals surface area contributed by atoms with Gasteiger partial charge in [-0.15, -0.1) is 0 Å². The zero-order valence-electron chi connectivity index (χ0n) is 31.1. The van der Waals surface area contributed by atoms with Gasteiger partial charge in [0.25, 0.3) is 0 Å². The van der Waals surface area contributed by atoms with Crippen LogP contribution in [0.1, 0.15) is 42.7 Å². The number of amides is 2. The van der Waals surface area contributed by atoms with Crippen molar-refractivity contribution < 1.29 is 18.9 Å². The lowest BCUT2D eigenvalue weighted by molar-refractivity contribution is -0.134. The second kappa shape index (κ2) is 16.5. The lowest BCUT2D eigenvalue weighted by Gasteiger charge is -2.43. The maximum Gasteiger partial charge on any atom is 0.234 e. The number of para-hydroxylation sites is 1. The number of piperazine rings is 1. The number of aromatic nitrogens is 2. The molecule has 0 aliphatic carbocycles. The van der Waals surface area contributed by atoms with E-state index in [1.165, 1.54) is 11.8 Å². The van der Waals surface area contributed by atoms with Gasteiger partial charge in [-0.3, -0.25) is 24.7 Å². The average Bonchev–Trinajstić information content (AvgIpc) is 3.16. The third-order valence-corrected chi connectivity index (χ3v) is 12.5. The van der Waals surface area contributed by atoms with E-state index in [0.717, 1.165) is 80.9 Å². The molecule has 3 aliphatic heterocycles. The van der Waals surface area contributed by atoms with Crippen molar-refractivity contribution in [3.63, 3.8) is 0 Å². The van der Waals surface area contributed by atoms with E-state index < -0.39 is 7.14 Å². The van der Waals surface area contributed by atoms with Crippen molar-refractivity contribution in [2.45, 2.75) is 44.2 Å². The minimum absolute atomic E-state index is 0.180. The van der Waals surface area contributed by atoms with Gasteiger partial charge in [0.15, 0.2) is 5.82 Å². The summed E-state index contributed by atoms with van der Waals surface area (Å²) < 4.78 is 18.7. The Morgan fingerprint density at radius 3 is 2.43 bits per heavy atom. The number of rotatable bonds is 11. The molecular formula is C40H48ClN8O4P. The molecule has 284 valence electrons. The first-order valence-electron chi connectivity index (χ1n) is 18.6. The van der Waals surface area contributed by atoms with Crippen LogP contribution in [0.25, 0.3) is 0 Å². The lowest BCUT2D eigenvalue weighted by atomic mass is 9.89. The van der Waals surface area contributed by atoms with Crippen molar-refractivity contribution in [2.24, 2.45) is 0 Å². The molecule has 3 N–H and O–H groups in total. The molecule has 12 nitrogen and oxygen atoms in total. The normalized spacial score (nSPS) is 19.0. The van der Waals surface area contributed by atoms with E-state index in [0.29, 0.717) is 47.1 Å². The number of anilines is 5. The Morgan fingerprint density at radius 2 is 1.69 bits per heavy atom. The van der Waals surface area contributed by atoms with E-state index >= 15 is 0 Å². The number of nitrogens with one attached hydrogen (secondary N) is 3. The summed E-state index contributed by atoms with van der Waals surface area (Å²) in [5, 5.41) is 10.1. The molecule has 0 spiro atoms. The molecule has 4 heterocycles. The van der Waals surface area contributed by atoms with Crippen molar-refractivity contribution in [3.8, 4) is 5.75 Å². The maximum atomic E-state index is 12.9. The predicted molar refractivity (Wildman–Crippen MR) is 216 cm³/mol. The maximum absolute atomic E-state index is 12.9. The minimum Gasteiger partial charge on any atom is -0.494 e. The second-order valence-corrected chi connectivity index (χ2v) is 18.3. The molecule has 3 fully saturated rings. The third kappa shape index (κ3) is 8.90. The highest BCUT2D eigenvalue weighted by Crippen LogP contribution is 2.39. The Balaban J connectivity index is 0.915. The van der Waals surface area contributed by atoms with Gasteiger partial charge < -0.3 is 24.8 Å². The van der Waals surface area contributed by atoms with Crippen LogP contribution in [0.15, 0.2) is 72.9 Å². The molecule has 2 amide bonds. The van der Waals surface area contributed by atoms with Crippen molar-refractivity contribution in [1.29, 1.82) is 0 Å². The number of hydrogen-bond acceptors (Lipinski definition) is 11. The van der Waals surface area contributed by atoms with Gasteiger partial charge in [-0.2, -0.15) is 4.98 Å². The largest absolute Gasteiger partial charge is 0.494 e. The molecule has 0 saturated carbocycles. The molecule has 0 radical (unpaired) electrons. The van der Waals surface area contributed by atoms with Gasteiger partial charge in [-0.1, -0.05) is 48.0 Å². The van der Waals surface area contributed by atoms with Crippen LogP contribution in [0.2, 0.25) is 5.02 Å². The molecule has 3 saturated heterocycles. The van der Waals surface area contributed by atoms with Gasteiger partial charge in [0, 0.05) is 75.3 Å². The summed E-state index contributed by atoms with van der Waals surface area (Å²) in [6, 6.07) is 22.5. The highest BCUT2D eigenvalue weighted by molar-refractivity contribution is 7.70. The highest BCUT2D eigenvalue weighted by atomic mass is 35.5. The Labute approximate surface area is 322 Å². The van der Waals surface area contributed by atoms with Crippen LogP contribution in [0, 0.1) is 0 Å². The quantitative estimate of drug-likeness (QED) is 0.119. The predicted octanol–water partition coefficient (Wildman–Crippen LogP) is 6.18. The number of methoxy groups -OCH3 is 1. The summed E-state index contributed by atoms with van der Waals surface area (Å²) in [5.74, 6) is 0.826. The Bertz CT molecular complexity index is 2040. The SMILES string of the molecule is COc1cc(N2CCC(N3CCN(Cc4cccc(C5CCC(=O)NC5=O)c4)CC3)CC2)ccc1Nc1ncc(Cl)c(Nc2ccccc2P(C)(C)=O)n1. The fourth-order valence-electron chi connectivity index (χ4n) is 7.75. The van der Waals surface area contributed by atoms with E-state index in [2.05, 4.69) is 64.9 Å². The number of piperidine rings is 2. The molecule has 3 aliphatic rings. The van der Waals surface area contributed by atoms with Crippen LogP contribution in [-0.2, 0) is 20.7 Å². The topological polar surface area (TPSA) is 132 Å². The van der Waals surface area contributed by atoms with Crippen molar-refractivity contribution in [3.05, 3.63) is 89.1 Å².